The average molecular weight is 368 g/mol. The summed E-state index contributed by atoms with van der Waals surface area (Å²) in [5.41, 5.74) is 1.16. The van der Waals surface area contributed by atoms with E-state index in [-0.39, 0.29) is 5.56 Å². The number of carbonyl (C=O) groups is 2. The molecule has 0 spiro atoms. The van der Waals surface area contributed by atoms with Gasteiger partial charge in [-0.3, -0.25) is 4.79 Å². The third kappa shape index (κ3) is 4.60. The van der Waals surface area contributed by atoms with Crippen LogP contribution in [0.25, 0.3) is 0 Å². The first-order valence-electron chi connectivity index (χ1n) is 8.31. The van der Waals surface area contributed by atoms with Gasteiger partial charge in [0.1, 0.15) is 12.1 Å². The predicted octanol–water partition coefficient (Wildman–Crippen LogP) is 2.41. The average Bonchev–Trinajstić information content (AvgIpc) is 3.21. The molecule has 2 aromatic carbocycles. The number of esters is 1. The third-order valence-electron chi connectivity index (χ3n) is 4.02. The standard InChI is InChI=1S/C19H17FN4O3/c1-13(18(25)15-7-9-16(20)10-8-15)27-19(26)17(24-12-21-22-23-24)11-14-5-3-2-4-6-14/h2-10,12-13,17H,11H2,1H3/t13-,17+/m0/s1. The molecule has 0 radical (unpaired) electrons. The van der Waals surface area contributed by atoms with E-state index < -0.39 is 29.7 Å². The Morgan fingerprint density at radius 3 is 2.44 bits per heavy atom. The number of Topliss-reactive ketones (excluding diaryl/α,β-unsaturated/α-hetero) is 1. The third-order valence-corrected chi connectivity index (χ3v) is 4.02. The van der Waals surface area contributed by atoms with Crippen LogP contribution in [0.3, 0.4) is 0 Å². The molecule has 27 heavy (non-hydrogen) atoms. The van der Waals surface area contributed by atoms with Gasteiger partial charge in [0, 0.05) is 12.0 Å². The van der Waals surface area contributed by atoms with Crippen molar-refractivity contribution in [3.8, 4) is 0 Å². The molecule has 0 amide bonds. The lowest BCUT2D eigenvalue weighted by Crippen LogP contribution is -2.31. The molecule has 8 heteroatoms. The maximum atomic E-state index is 13.0. The van der Waals surface area contributed by atoms with Crippen molar-refractivity contribution < 1.29 is 18.7 Å². The topological polar surface area (TPSA) is 87.0 Å². The Kier molecular flexibility index (Phi) is 5.65. The second kappa shape index (κ2) is 8.31. The van der Waals surface area contributed by atoms with Crippen molar-refractivity contribution in [1.29, 1.82) is 0 Å². The fourth-order valence-electron chi connectivity index (χ4n) is 2.59. The highest BCUT2D eigenvalue weighted by Crippen LogP contribution is 2.17. The Labute approximate surface area is 154 Å². The summed E-state index contributed by atoms with van der Waals surface area (Å²) in [4.78, 5) is 25.1. The molecule has 0 saturated heterocycles. The van der Waals surface area contributed by atoms with Crippen LogP contribution in [0.1, 0.15) is 28.9 Å². The van der Waals surface area contributed by atoms with Gasteiger partial charge in [-0.2, -0.15) is 0 Å². The molecule has 0 aliphatic heterocycles. The molecule has 3 aromatic rings. The van der Waals surface area contributed by atoms with Gasteiger partial charge in [-0.25, -0.2) is 13.9 Å². The number of aromatic nitrogens is 4. The van der Waals surface area contributed by atoms with Crippen molar-refractivity contribution in [1.82, 2.24) is 20.2 Å². The zero-order chi connectivity index (χ0) is 19.2. The van der Waals surface area contributed by atoms with Gasteiger partial charge in [0.25, 0.3) is 0 Å². The minimum Gasteiger partial charge on any atom is -0.453 e. The molecule has 1 heterocycles. The Morgan fingerprint density at radius 2 is 1.81 bits per heavy atom. The van der Waals surface area contributed by atoms with Gasteiger partial charge >= 0.3 is 5.97 Å². The number of rotatable bonds is 7. The number of nitrogens with zero attached hydrogens (tertiary/aromatic N) is 4. The fourth-order valence-corrected chi connectivity index (χ4v) is 2.59. The van der Waals surface area contributed by atoms with Crippen LogP contribution >= 0.6 is 0 Å². The van der Waals surface area contributed by atoms with Crippen LogP contribution in [-0.2, 0) is 16.0 Å². The van der Waals surface area contributed by atoms with Gasteiger partial charge in [-0.15, -0.1) is 5.10 Å². The number of tetrazole rings is 1. The molecule has 0 N–H and O–H groups in total. The number of hydrogen-bond donors (Lipinski definition) is 0. The number of hydrogen-bond acceptors (Lipinski definition) is 6. The zero-order valence-electron chi connectivity index (χ0n) is 14.5. The van der Waals surface area contributed by atoms with Crippen LogP contribution in [0.2, 0.25) is 0 Å². The molecule has 0 aliphatic carbocycles. The van der Waals surface area contributed by atoms with Crippen LogP contribution < -0.4 is 0 Å². The van der Waals surface area contributed by atoms with E-state index in [0.29, 0.717) is 6.42 Å². The van der Waals surface area contributed by atoms with E-state index in [0.717, 1.165) is 5.56 Å². The molecule has 0 bridgehead atoms. The molecule has 0 unspecified atom stereocenters. The first kappa shape index (κ1) is 18.4. The van der Waals surface area contributed by atoms with Crippen LogP contribution in [0.5, 0.6) is 0 Å². The Hall–Kier alpha value is -3.42. The molecule has 0 saturated carbocycles. The van der Waals surface area contributed by atoms with Crippen LogP contribution in [-0.4, -0.2) is 38.1 Å². The molecule has 0 fully saturated rings. The normalized spacial score (nSPS) is 13.0. The highest BCUT2D eigenvalue weighted by atomic mass is 19.1. The van der Waals surface area contributed by atoms with Crippen LogP contribution in [0.15, 0.2) is 60.9 Å². The van der Waals surface area contributed by atoms with E-state index in [1.54, 1.807) is 0 Å². The van der Waals surface area contributed by atoms with Crippen molar-refractivity contribution in [2.75, 3.05) is 0 Å². The molecule has 2 atom stereocenters. The molecule has 3 rings (SSSR count). The summed E-state index contributed by atoms with van der Waals surface area (Å²) >= 11 is 0. The van der Waals surface area contributed by atoms with Crippen molar-refractivity contribution in [2.45, 2.75) is 25.5 Å². The molecule has 138 valence electrons. The lowest BCUT2D eigenvalue weighted by atomic mass is 10.1. The van der Waals surface area contributed by atoms with Crippen molar-refractivity contribution >= 4 is 11.8 Å². The molecular formula is C19H17FN4O3. The summed E-state index contributed by atoms with van der Waals surface area (Å²) in [7, 11) is 0. The summed E-state index contributed by atoms with van der Waals surface area (Å²) in [5.74, 6) is -1.49. The molecule has 7 nitrogen and oxygen atoms in total. The summed E-state index contributed by atoms with van der Waals surface area (Å²) in [6.45, 7) is 1.47. The monoisotopic (exact) mass is 368 g/mol. The van der Waals surface area contributed by atoms with Gasteiger partial charge in [0.15, 0.2) is 12.1 Å². The smallest absolute Gasteiger partial charge is 0.332 e. The number of ether oxygens (including phenoxy) is 1. The van der Waals surface area contributed by atoms with Crippen molar-refractivity contribution in [3.05, 3.63) is 77.9 Å². The van der Waals surface area contributed by atoms with Gasteiger partial charge in [0.2, 0.25) is 5.78 Å². The second-order valence-corrected chi connectivity index (χ2v) is 5.95. The lowest BCUT2D eigenvalue weighted by molar-refractivity contribution is -0.150. The maximum absolute atomic E-state index is 13.0. The van der Waals surface area contributed by atoms with E-state index in [1.807, 2.05) is 30.3 Å². The summed E-state index contributed by atoms with van der Waals surface area (Å²) in [6.07, 6.45) is 0.599. The maximum Gasteiger partial charge on any atom is 0.332 e. The quantitative estimate of drug-likeness (QED) is 0.470. The number of benzene rings is 2. The van der Waals surface area contributed by atoms with E-state index in [4.69, 9.17) is 4.74 Å². The summed E-state index contributed by atoms with van der Waals surface area (Å²) in [5, 5.41) is 10.9. The minimum atomic E-state index is -1.03. The predicted molar refractivity (Wildman–Crippen MR) is 93.3 cm³/mol. The number of ketones is 1. The minimum absolute atomic E-state index is 0.263. The van der Waals surface area contributed by atoms with Crippen molar-refractivity contribution in [2.24, 2.45) is 0 Å². The first-order valence-corrected chi connectivity index (χ1v) is 8.31. The summed E-state index contributed by atoms with van der Waals surface area (Å²) in [6, 6.07) is 13.6. The highest BCUT2D eigenvalue weighted by Gasteiger charge is 2.28. The molecule has 1 aromatic heterocycles. The van der Waals surface area contributed by atoms with E-state index in [1.165, 1.54) is 42.2 Å². The van der Waals surface area contributed by atoms with Gasteiger partial charge < -0.3 is 4.74 Å². The fraction of sp³-hybridized carbons (Fsp3) is 0.211. The van der Waals surface area contributed by atoms with Gasteiger partial charge in [-0.05, 0) is 47.2 Å². The van der Waals surface area contributed by atoms with Crippen LogP contribution in [0, 0.1) is 5.82 Å². The number of halogens is 1. The Balaban J connectivity index is 1.74. The van der Waals surface area contributed by atoms with E-state index >= 15 is 0 Å². The Bertz CT molecular complexity index is 898. The first-order chi connectivity index (χ1) is 13.0. The Morgan fingerprint density at radius 1 is 1.11 bits per heavy atom. The molecule has 0 aliphatic rings. The lowest BCUT2D eigenvalue weighted by Gasteiger charge is -2.18. The molecular weight excluding hydrogens is 351 g/mol. The van der Waals surface area contributed by atoms with E-state index in [2.05, 4.69) is 15.5 Å². The second-order valence-electron chi connectivity index (χ2n) is 5.95. The van der Waals surface area contributed by atoms with Crippen LogP contribution in [0.4, 0.5) is 4.39 Å². The van der Waals surface area contributed by atoms with Gasteiger partial charge in [0.05, 0.1) is 0 Å². The summed E-state index contributed by atoms with van der Waals surface area (Å²) < 4.78 is 19.7. The largest absolute Gasteiger partial charge is 0.453 e. The number of carbonyl (C=O) groups excluding carboxylic acids is 2. The van der Waals surface area contributed by atoms with E-state index in [9.17, 15) is 14.0 Å². The van der Waals surface area contributed by atoms with Gasteiger partial charge in [-0.1, -0.05) is 30.3 Å². The SMILES string of the molecule is C[C@H](OC(=O)[C@@H](Cc1ccccc1)n1cnnn1)C(=O)c1ccc(F)cc1. The zero-order valence-corrected chi connectivity index (χ0v) is 14.5. The highest BCUT2D eigenvalue weighted by molar-refractivity contribution is 6.00. The van der Waals surface area contributed by atoms with Crippen molar-refractivity contribution in [3.63, 3.8) is 0 Å².